The molecule has 1 amide bonds. The van der Waals surface area contributed by atoms with E-state index < -0.39 is 5.91 Å². The Morgan fingerprint density at radius 2 is 2.39 bits per heavy atom. The highest BCUT2D eigenvalue weighted by Gasteiger charge is 2.14. The third-order valence-electron chi connectivity index (χ3n) is 3.78. The largest absolute Gasteiger partial charge is 0.497 e. The van der Waals surface area contributed by atoms with E-state index in [1.807, 2.05) is 25.3 Å². The molecule has 2 heterocycles. The maximum Gasteiger partial charge on any atom is 0.248 e. The molecule has 0 fully saturated rings. The summed E-state index contributed by atoms with van der Waals surface area (Å²) in [5, 5.41) is 7.69. The number of rotatable bonds is 5. The van der Waals surface area contributed by atoms with E-state index in [1.54, 1.807) is 29.3 Å². The van der Waals surface area contributed by atoms with Gasteiger partial charge in [-0.2, -0.15) is 5.10 Å². The molecule has 1 aliphatic rings. The number of benzene rings is 1. The van der Waals surface area contributed by atoms with Crippen molar-refractivity contribution in [1.82, 2.24) is 9.78 Å². The molecular weight excluding hydrogens is 292 g/mol. The number of ether oxygens (including phenoxy) is 1. The maximum atomic E-state index is 11.4. The minimum absolute atomic E-state index is 0.115. The number of amides is 1. The minimum atomic E-state index is -0.451. The molecule has 0 bridgehead atoms. The van der Waals surface area contributed by atoms with E-state index in [4.69, 9.17) is 10.5 Å². The molecule has 0 saturated heterocycles. The molecule has 23 heavy (non-hydrogen) atoms. The fourth-order valence-electron chi connectivity index (χ4n) is 2.53. The zero-order valence-electron chi connectivity index (χ0n) is 13.0. The highest BCUT2D eigenvalue weighted by molar-refractivity contribution is 5.94. The normalized spacial score (nSPS) is 16.8. The van der Waals surface area contributed by atoms with Crippen LogP contribution in [-0.2, 0) is 4.74 Å². The van der Waals surface area contributed by atoms with Crippen LogP contribution in [0.3, 0.4) is 0 Å². The van der Waals surface area contributed by atoms with E-state index in [0.717, 1.165) is 29.8 Å². The molecule has 1 aromatic carbocycles. The van der Waals surface area contributed by atoms with Gasteiger partial charge in [-0.25, -0.2) is 4.68 Å². The van der Waals surface area contributed by atoms with Crippen LogP contribution in [0.5, 0.6) is 0 Å². The third kappa shape index (κ3) is 3.53. The summed E-state index contributed by atoms with van der Waals surface area (Å²) in [4.78, 5) is 11.4. The summed E-state index contributed by atoms with van der Waals surface area (Å²) in [7, 11) is 0. The van der Waals surface area contributed by atoms with Gasteiger partial charge in [-0.1, -0.05) is 0 Å². The zero-order valence-corrected chi connectivity index (χ0v) is 13.0. The fraction of sp³-hybridized carbons (Fsp3) is 0.294. The van der Waals surface area contributed by atoms with Crippen molar-refractivity contribution >= 4 is 11.6 Å². The quantitative estimate of drug-likeness (QED) is 0.888. The van der Waals surface area contributed by atoms with Gasteiger partial charge in [0.05, 0.1) is 30.4 Å². The number of aromatic nitrogens is 2. The lowest BCUT2D eigenvalue weighted by Crippen LogP contribution is -2.24. The molecule has 120 valence electrons. The van der Waals surface area contributed by atoms with E-state index in [2.05, 4.69) is 10.4 Å². The molecule has 2 aromatic rings. The van der Waals surface area contributed by atoms with Gasteiger partial charge in [-0.05, 0) is 49.6 Å². The summed E-state index contributed by atoms with van der Waals surface area (Å²) in [5.41, 5.74) is 8.60. The molecule has 3 rings (SSSR count). The standard InChI is InChI=1S/C17H20N4O2/c1-12-9-20-21(11-12)16-6-5-13(17(18)22)8-15(16)19-10-14-4-2-3-7-23-14/h3,5-9,11,14,19H,2,4,10H2,1H3,(H2,18,22)/t14-/m0/s1. The van der Waals surface area contributed by atoms with Crippen molar-refractivity contribution in [2.45, 2.75) is 25.9 Å². The van der Waals surface area contributed by atoms with Gasteiger partial charge in [0.1, 0.15) is 6.10 Å². The molecule has 0 saturated carbocycles. The number of anilines is 1. The Balaban J connectivity index is 1.86. The lowest BCUT2D eigenvalue weighted by Gasteiger charge is -2.21. The van der Waals surface area contributed by atoms with Crippen LogP contribution in [0.1, 0.15) is 28.8 Å². The number of nitrogens with one attached hydrogen (secondary N) is 1. The van der Waals surface area contributed by atoms with Gasteiger partial charge < -0.3 is 15.8 Å². The number of carbonyl (C=O) groups excluding carboxylic acids is 1. The number of aryl methyl sites for hydroxylation is 1. The van der Waals surface area contributed by atoms with Crippen molar-refractivity contribution in [2.24, 2.45) is 5.73 Å². The Kier molecular flexibility index (Phi) is 4.32. The Hall–Kier alpha value is -2.76. The molecule has 1 aromatic heterocycles. The summed E-state index contributed by atoms with van der Waals surface area (Å²) >= 11 is 0. The average molecular weight is 312 g/mol. The van der Waals surface area contributed by atoms with Crippen molar-refractivity contribution in [2.75, 3.05) is 11.9 Å². The number of carbonyl (C=O) groups is 1. The number of hydrogen-bond acceptors (Lipinski definition) is 4. The van der Waals surface area contributed by atoms with E-state index >= 15 is 0 Å². The first kappa shape index (κ1) is 15.1. The molecule has 0 radical (unpaired) electrons. The first-order valence-corrected chi connectivity index (χ1v) is 7.63. The molecular formula is C17H20N4O2. The van der Waals surface area contributed by atoms with Gasteiger partial charge in [-0.3, -0.25) is 4.79 Å². The molecule has 0 aliphatic carbocycles. The molecule has 1 aliphatic heterocycles. The first-order chi connectivity index (χ1) is 11.1. The number of nitrogens with zero attached hydrogens (tertiary/aromatic N) is 2. The van der Waals surface area contributed by atoms with Crippen LogP contribution >= 0.6 is 0 Å². The summed E-state index contributed by atoms with van der Waals surface area (Å²) in [6.45, 7) is 2.64. The smallest absolute Gasteiger partial charge is 0.248 e. The van der Waals surface area contributed by atoms with Crippen LogP contribution in [0.25, 0.3) is 5.69 Å². The Morgan fingerprint density at radius 3 is 3.04 bits per heavy atom. The lowest BCUT2D eigenvalue weighted by atomic mass is 10.1. The first-order valence-electron chi connectivity index (χ1n) is 7.63. The van der Waals surface area contributed by atoms with Crippen molar-refractivity contribution < 1.29 is 9.53 Å². The predicted molar refractivity (Wildman–Crippen MR) is 88.6 cm³/mol. The van der Waals surface area contributed by atoms with E-state index in [0.29, 0.717) is 12.1 Å². The fourth-order valence-corrected chi connectivity index (χ4v) is 2.53. The van der Waals surface area contributed by atoms with Gasteiger partial charge >= 0.3 is 0 Å². The number of hydrogen-bond donors (Lipinski definition) is 2. The van der Waals surface area contributed by atoms with Crippen LogP contribution in [0.2, 0.25) is 0 Å². The summed E-state index contributed by atoms with van der Waals surface area (Å²) in [6.07, 6.45) is 9.58. The predicted octanol–water partition coefficient (Wildman–Crippen LogP) is 2.38. The second kappa shape index (κ2) is 6.56. The monoisotopic (exact) mass is 312 g/mol. The lowest BCUT2D eigenvalue weighted by molar-refractivity contribution is 0.100. The van der Waals surface area contributed by atoms with Gasteiger partial charge in [0.2, 0.25) is 5.91 Å². The van der Waals surface area contributed by atoms with Crippen LogP contribution < -0.4 is 11.1 Å². The van der Waals surface area contributed by atoms with Crippen LogP contribution in [0, 0.1) is 6.92 Å². The third-order valence-corrected chi connectivity index (χ3v) is 3.78. The second-order valence-electron chi connectivity index (χ2n) is 5.65. The Morgan fingerprint density at radius 1 is 1.52 bits per heavy atom. The number of allylic oxidation sites excluding steroid dienone is 1. The summed E-state index contributed by atoms with van der Waals surface area (Å²) < 4.78 is 7.35. The van der Waals surface area contributed by atoms with Gasteiger partial charge in [0.25, 0.3) is 0 Å². The molecule has 6 heteroatoms. The maximum absolute atomic E-state index is 11.4. The zero-order chi connectivity index (χ0) is 16.2. The van der Waals surface area contributed by atoms with Crippen LogP contribution in [-0.4, -0.2) is 28.3 Å². The van der Waals surface area contributed by atoms with E-state index in [1.165, 1.54) is 0 Å². The van der Waals surface area contributed by atoms with Gasteiger partial charge in [-0.15, -0.1) is 0 Å². The van der Waals surface area contributed by atoms with E-state index in [9.17, 15) is 4.79 Å². The van der Waals surface area contributed by atoms with Crippen LogP contribution in [0.4, 0.5) is 5.69 Å². The Labute approximate surface area is 134 Å². The average Bonchev–Trinajstić information content (AvgIpc) is 3.00. The molecule has 1 atom stereocenters. The van der Waals surface area contributed by atoms with Crippen molar-refractivity contribution in [3.63, 3.8) is 0 Å². The van der Waals surface area contributed by atoms with E-state index in [-0.39, 0.29) is 6.10 Å². The van der Waals surface area contributed by atoms with Crippen molar-refractivity contribution in [3.8, 4) is 5.69 Å². The number of nitrogens with two attached hydrogens (primary N) is 1. The Bertz CT molecular complexity index is 736. The highest BCUT2D eigenvalue weighted by atomic mass is 16.5. The van der Waals surface area contributed by atoms with Gasteiger partial charge in [0, 0.05) is 11.8 Å². The number of primary amides is 1. The second-order valence-corrected chi connectivity index (χ2v) is 5.65. The summed E-state index contributed by atoms with van der Waals surface area (Å²) in [5.74, 6) is -0.451. The minimum Gasteiger partial charge on any atom is -0.497 e. The van der Waals surface area contributed by atoms with Crippen LogP contribution in [0.15, 0.2) is 42.9 Å². The molecule has 0 spiro atoms. The molecule has 6 nitrogen and oxygen atoms in total. The molecule has 3 N–H and O–H groups in total. The topological polar surface area (TPSA) is 82.2 Å². The van der Waals surface area contributed by atoms with Crippen molar-refractivity contribution in [3.05, 3.63) is 54.1 Å². The SMILES string of the molecule is Cc1cnn(-c2ccc(C(N)=O)cc2NC[C@@H]2CCC=CO2)c1. The highest BCUT2D eigenvalue weighted by Crippen LogP contribution is 2.23. The van der Waals surface area contributed by atoms with Crippen molar-refractivity contribution in [1.29, 1.82) is 0 Å². The van der Waals surface area contributed by atoms with Gasteiger partial charge in [0.15, 0.2) is 0 Å². The molecule has 0 unspecified atom stereocenters. The summed E-state index contributed by atoms with van der Waals surface area (Å²) in [6, 6.07) is 5.31.